The van der Waals surface area contributed by atoms with Gasteiger partial charge in [0.25, 0.3) is 0 Å². The summed E-state index contributed by atoms with van der Waals surface area (Å²) in [7, 11) is -4.30. The quantitative estimate of drug-likeness (QED) is 0.867. The molecule has 1 saturated carbocycles. The molecule has 1 aromatic carbocycles. The molecule has 1 aromatic rings. The molecule has 0 saturated heterocycles. The van der Waals surface area contributed by atoms with Gasteiger partial charge >= 0.3 is 5.97 Å². The highest BCUT2D eigenvalue weighted by Crippen LogP contribution is 2.46. The van der Waals surface area contributed by atoms with Crippen LogP contribution in [-0.4, -0.2) is 25.7 Å². The number of halogens is 3. The number of rotatable bonds is 3. The smallest absolute Gasteiger partial charge is 0.314 e. The molecule has 0 spiro atoms. The van der Waals surface area contributed by atoms with Crippen LogP contribution in [0.25, 0.3) is 0 Å². The van der Waals surface area contributed by atoms with Crippen molar-refractivity contribution in [2.75, 3.05) is 6.26 Å². The molecule has 110 valence electrons. The van der Waals surface area contributed by atoms with Gasteiger partial charge in [0.1, 0.15) is 10.7 Å². The average Bonchev–Trinajstić information content (AvgIpc) is 2.20. The summed E-state index contributed by atoms with van der Waals surface area (Å²) >= 11 is 0. The number of aliphatic carboxylic acids is 1. The molecular weight excluding hydrogens is 297 g/mol. The Kier molecular flexibility index (Phi) is 3.32. The highest BCUT2D eigenvalue weighted by atomic mass is 32.2. The van der Waals surface area contributed by atoms with Crippen LogP contribution in [-0.2, 0) is 20.0 Å². The molecule has 20 heavy (non-hydrogen) atoms. The summed E-state index contributed by atoms with van der Waals surface area (Å²) in [6.45, 7) is 0. The van der Waals surface area contributed by atoms with E-state index in [2.05, 4.69) is 0 Å². The molecule has 0 aromatic heterocycles. The molecular formula is C12H11F3O4S. The maximum absolute atomic E-state index is 14.0. The van der Waals surface area contributed by atoms with E-state index < -0.39 is 49.1 Å². The van der Waals surface area contributed by atoms with E-state index in [9.17, 15) is 26.4 Å². The SMILES string of the molecule is CS(=O)(=O)c1c(F)cc(C2(C(=O)O)CCC2)c(F)c1F. The largest absolute Gasteiger partial charge is 0.481 e. The van der Waals surface area contributed by atoms with Gasteiger partial charge in [-0.25, -0.2) is 21.6 Å². The molecule has 0 heterocycles. The Morgan fingerprint density at radius 3 is 2.15 bits per heavy atom. The lowest BCUT2D eigenvalue weighted by Gasteiger charge is -2.38. The van der Waals surface area contributed by atoms with E-state index in [1.807, 2.05) is 0 Å². The van der Waals surface area contributed by atoms with Crippen molar-refractivity contribution in [3.8, 4) is 0 Å². The van der Waals surface area contributed by atoms with Gasteiger partial charge in [0, 0.05) is 11.8 Å². The van der Waals surface area contributed by atoms with Crippen LogP contribution in [0.4, 0.5) is 13.2 Å². The molecule has 2 rings (SSSR count). The predicted molar refractivity (Wildman–Crippen MR) is 62.6 cm³/mol. The van der Waals surface area contributed by atoms with Gasteiger partial charge in [-0.2, -0.15) is 0 Å². The van der Waals surface area contributed by atoms with E-state index in [1.165, 1.54) is 0 Å². The Hall–Kier alpha value is -1.57. The van der Waals surface area contributed by atoms with Crippen LogP contribution in [0.5, 0.6) is 0 Å². The van der Waals surface area contributed by atoms with Crippen molar-refractivity contribution in [3.05, 3.63) is 29.1 Å². The van der Waals surface area contributed by atoms with Crippen LogP contribution in [0.3, 0.4) is 0 Å². The van der Waals surface area contributed by atoms with E-state index in [0.717, 1.165) is 0 Å². The highest BCUT2D eigenvalue weighted by Gasteiger charge is 2.49. The minimum Gasteiger partial charge on any atom is -0.481 e. The molecule has 1 aliphatic carbocycles. The number of carbonyl (C=O) groups is 1. The van der Waals surface area contributed by atoms with Crippen molar-refractivity contribution in [2.24, 2.45) is 0 Å². The molecule has 0 aliphatic heterocycles. The molecule has 1 aliphatic rings. The molecule has 4 nitrogen and oxygen atoms in total. The van der Waals surface area contributed by atoms with E-state index in [1.54, 1.807) is 0 Å². The fourth-order valence-electron chi connectivity index (χ4n) is 2.40. The Balaban J connectivity index is 2.74. The van der Waals surface area contributed by atoms with Gasteiger partial charge in [-0.1, -0.05) is 6.42 Å². The summed E-state index contributed by atoms with van der Waals surface area (Å²) in [6, 6.07) is 0.474. The van der Waals surface area contributed by atoms with Crippen molar-refractivity contribution in [2.45, 2.75) is 29.6 Å². The third-order valence-electron chi connectivity index (χ3n) is 3.62. The first kappa shape index (κ1) is 14.8. The predicted octanol–water partition coefficient (Wildman–Crippen LogP) is 2.01. The third-order valence-corrected chi connectivity index (χ3v) is 4.74. The minimum absolute atomic E-state index is 0.0519. The van der Waals surface area contributed by atoms with Crippen molar-refractivity contribution in [1.82, 2.24) is 0 Å². The number of hydrogen-bond donors (Lipinski definition) is 1. The van der Waals surface area contributed by atoms with Gasteiger partial charge in [0.05, 0.1) is 5.41 Å². The summed E-state index contributed by atoms with van der Waals surface area (Å²) in [5, 5.41) is 9.14. The summed E-state index contributed by atoms with van der Waals surface area (Å²) < 4.78 is 64.0. The molecule has 0 unspecified atom stereocenters. The van der Waals surface area contributed by atoms with Crippen molar-refractivity contribution >= 4 is 15.8 Å². The van der Waals surface area contributed by atoms with Crippen molar-refractivity contribution in [3.63, 3.8) is 0 Å². The summed E-state index contributed by atoms with van der Waals surface area (Å²) in [5.74, 6) is -6.34. The first-order chi connectivity index (χ1) is 9.11. The lowest BCUT2D eigenvalue weighted by molar-refractivity contribution is -0.147. The molecule has 8 heteroatoms. The zero-order valence-electron chi connectivity index (χ0n) is 10.4. The van der Waals surface area contributed by atoms with E-state index in [-0.39, 0.29) is 12.8 Å². The maximum atomic E-state index is 14.0. The van der Waals surface area contributed by atoms with Gasteiger partial charge in [-0.3, -0.25) is 4.79 Å². The summed E-state index contributed by atoms with van der Waals surface area (Å²) in [6.07, 6.45) is 1.14. The third kappa shape index (κ3) is 1.98. The van der Waals surface area contributed by atoms with Crippen molar-refractivity contribution in [1.29, 1.82) is 0 Å². The van der Waals surface area contributed by atoms with Crippen LogP contribution < -0.4 is 0 Å². The van der Waals surface area contributed by atoms with Crippen LogP contribution >= 0.6 is 0 Å². The molecule has 1 N–H and O–H groups in total. The molecule has 0 amide bonds. The Bertz CT molecular complexity index is 693. The maximum Gasteiger partial charge on any atom is 0.314 e. The second-order valence-corrected chi connectivity index (χ2v) is 6.83. The van der Waals surface area contributed by atoms with Crippen LogP contribution in [0, 0.1) is 17.5 Å². The minimum atomic E-state index is -4.30. The number of hydrogen-bond acceptors (Lipinski definition) is 3. The Morgan fingerprint density at radius 2 is 1.80 bits per heavy atom. The number of carboxylic acid groups (broad SMARTS) is 1. The first-order valence-electron chi connectivity index (χ1n) is 5.72. The normalized spacial score (nSPS) is 17.6. The fourth-order valence-corrected chi connectivity index (χ4v) is 3.22. The van der Waals surface area contributed by atoms with Gasteiger partial charge in [0.15, 0.2) is 21.5 Å². The standard InChI is InChI=1S/C12H11F3O4S/c1-20(18,19)10-7(13)5-6(8(14)9(10)15)12(11(16)17)3-2-4-12/h5H,2-4H2,1H3,(H,16,17). The van der Waals surface area contributed by atoms with Crippen LogP contribution in [0.15, 0.2) is 11.0 Å². The first-order valence-corrected chi connectivity index (χ1v) is 7.62. The zero-order valence-corrected chi connectivity index (χ0v) is 11.2. The fraction of sp³-hybridized carbons (Fsp3) is 0.417. The van der Waals surface area contributed by atoms with Crippen LogP contribution in [0.2, 0.25) is 0 Å². The Labute approximate surface area is 113 Å². The topological polar surface area (TPSA) is 71.4 Å². The molecule has 1 fully saturated rings. The van der Waals surface area contributed by atoms with E-state index in [0.29, 0.717) is 18.7 Å². The molecule has 0 bridgehead atoms. The monoisotopic (exact) mass is 308 g/mol. The number of benzene rings is 1. The number of sulfone groups is 1. The van der Waals surface area contributed by atoms with E-state index >= 15 is 0 Å². The average molecular weight is 308 g/mol. The second-order valence-electron chi connectivity index (χ2n) is 4.88. The Morgan fingerprint density at radius 1 is 1.25 bits per heavy atom. The highest BCUT2D eigenvalue weighted by molar-refractivity contribution is 7.90. The molecule has 0 radical (unpaired) electrons. The van der Waals surface area contributed by atoms with E-state index in [4.69, 9.17) is 5.11 Å². The lowest BCUT2D eigenvalue weighted by atomic mass is 9.64. The van der Waals surface area contributed by atoms with Crippen molar-refractivity contribution < 1.29 is 31.5 Å². The van der Waals surface area contributed by atoms with Gasteiger partial charge in [0.2, 0.25) is 0 Å². The summed E-state index contributed by atoms with van der Waals surface area (Å²) in [4.78, 5) is 9.85. The number of carboxylic acids is 1. The second kappa shape index (κ2) is 4.47. The zero-order chi connectivity index (χ0) is 15.3. The van der Waals surface area contributed by atoms with Crippen LogP contribution in [0.1, 0.15) is 24.8 Å². The molecule has 0 atom stereocenters. The van der Waals surface area contributed by atoms with Gasteiger partial charge in [-0.05, 0) is 18.9 Å². The van der Waals surface area contributed by atoms with Gasteiger partial charge in [-0.15, -0.1) is 0 Å². The lowest BCUT2D eigenvalue weighted by Crippen LogP contribution is -2.43. The summed E-state index contributed by atoms with van der Waals surface area (Å²) in [5.41, 5.74) is -2.32. The van der Waals surface area contributed by atoms with Gasteiger partial charge < -0.3 is 5.11 Å².